The number of carbonyl (C=O) groups excluding carboxylic acids is 1. The molecule has 2 aliphatic heterocycles. The van der Waals surface area contributed by atoms with Crippen molar-refractivity contribution < 1.29 is 14.7 Å². The quantitative estimate of drug-likeness (QED) is 0.766. The second kappa shape index (κ2) is 5.69. The highest BCUT2D eigenvalue weighted by Crippen LogP contribution is 2.25. The maximum absolute atomic E-state index is 12.4. The molecule has 0 radical (unpaired) electrons. The molecule has 2 heterocycles. The van der Waals surface area contributed by atoms with Gasteiger partial charge in [0.1, 0.15) is 6.04 Å². The van der Waals surface area contributed by atoms with Crippen LogP contribution in [0.25, 0.3) is 0 Å². The summed E-state index contributed by atoms with van der Waals surface area (Å²) in [6, 6.07) is -0.819. The first kappa shape index (κ1) is 13.3. The molecule has 18 heavy (non-hydrogen) atoms. The van der Waals surface area contributed by atoms with Gasteiger partial charge in [-0.05, 0) is 38.1 Å². The zero-order valence-electron chi connectivity index (χ0n) is 10.9. The van der Waals surface area contributed by atoms with Crippen LogP contribution in [0.1, 0.15) is 39.0 Å². The molecule has 2 fully saturated rings. The average molecular weight is 254 g/mol. The number of amides is 1. The minimum Gasteiger partial charge on any atom is -0.480 e. The molecule has 0 spiro atoms. The highest BCUT2D eigenvalue weighted by Gasteiger charge is 2.39. The molecule has 0 bridgehead atoms. The first-order chi connectivity index (χ1) is 8.61. The number of aliphatic carboxylic acids is 1. The highest BCUT2D eigenvalue weighted by atomic mass is 16.4. The number of nitrogens with zero attached hydrogens (tertiary/aromatic N) is 1. The zero-order valence-corrected chi connectivity index (χ0v) is 10.9. The molecule has 102 valence electrons. The van der Waals surface area contributed by atoms with Crippen LogP contribution in [0.5, 0.6) is 0 Å². The van der Waals surface area contributed by atoms with Gasteiger partial charge in [0.15, 0.2) is 0 Å². The number of hydrogen-bond acceptors (Lipinski definition) is 3. The predicted molar refractivity (Wildman–Crippen MR) is 67.2 cm³/mol. The third-order valence-corrected chi connectivity index (χ3v) is 4.08. The Labute approximate surface area is 108 Å². The molecular weight excluding hydrogens is 232 g/mol. The van der Waals surface area contributed by atoms with Gasteiger partial charge in [-0.25, -0.2) is 4.79 Å². The van der Waals surface area contributed by atoms with Gasteiger partial charge >= 0.3 is 5.97 Å². The largest absolute Gasteiger partial charge is 0.480 e. The molecule has 5 heteroatoms. The number of carboxylic acid groups (broad SMARTS) is 1. The zero-order chi connectivity index (χ0) is 13.1. The Hall–Kier alpha value is -1.10. The summed E-state index contributed by atoms with van der Waals surface area (Å²) >= 11 is 0. The van der Waals surface area contributed by atoms with Gasteiger partial charge in [-0.1, -0.05) is 13.3 Å². The number of carboxylic acids is 1. The van der Waals surface area contributed by atoms with Crippen molar-refractivity contribution in [2.24, 2.45) is 5.92 Å². The van der Waals surface area contributed by atoms with Gasteiger partial charge in [0.05, 0.1) is 6.04 Å². The van der Waals surface area contributed by atoms with Crippen LogP contribution in [-0.4, -0.2) is 47.1 Å². The molecule has 0 aromatic heterocycles. The van der Waals surface area contributed by atoms with Crippen molar-refractivity contribution in [2.45, 2.75) is 51.1 Å². The number of piperidine rings is 2. The van der Waals surface area contributed by atoms with Crippen molar-refractivity contribution in [3.05, 3.63) is 0 Å². The SMILES string of the molecule is CC1CCCN(C(=O)[C@@H]2CCCCN2)C1C(=O)O. The maximum atomic E-state index is 12.4. The fourth-order valence-corrected chi connectivity index (χ4v) is 3.07. The van der Waals surface area contributed by atoms with E-state index in [1.165, 1.54) is 0 Å². The molecule has 0 aliphatic carbocycles. The first-order valence-electron chi connectivity index (χ1n) is 6.88. The van der Waals surface area contributed by atoms with E-state index >= 15 is 0 Å². The van der Waals surface area contributed by atoms with Crippen LogP contribution in [0.15, 0.2) is 0 Å². The number of rotatable bonds is 2. The minimum absolute atomic E-state index is 0.0198. The van der Waals surface area contributed by atoms with Gasteiger partial charge in [0.25, 0.3) is 0 Å². The van der Waals surface area contributed by atoms with Crippen molar-refractivity contribution in [3.63, 3.8) is 0 Å². The van der Waals surface area contributed by atoms with E-state index in [4.69, 9.17) is 0 Å². The normalized spacial score (nSPS) is 33.2. The van der Waals surface area contributed by atoms with E-state index in [0.717, 1.165) is 38.6 Å². The van der Waals surface area contributed by atoms with Crippen LogP contribution in [-0.2, 0) is 9.59 Å². The molecular formula is C13H22N2O3. The Morgan fingerprint density at radius 3 is 2.61 bits per heavy atom. The topological polar surface area (TPSA) is 69.6 Å². The van der Waals surface area contributed by atoms with Crippen LogP contribution < -0.4 is 5.32 Å². The Bertz CT molecular complexity index is 326. The summed E-state index contributed by atoms with van der Waals surface area (Å²) in [4.78, 5) is 25.3. The van der Waals surface area contributed by atoms with E-state index in [1.807, 2.05) is 6.92 Å². The van der Waals surface area contributed by atoms with Crippen LogP contribution in [0, 0.1) is 5.92 Å². The molecule has 0 aromatic rings. The third-order valence-electron chi connectivity index (χ3n) is 4.08. The maximum Gasteiger partial charge on any atom is 0.326 e. The Morgan fingerprint density at radius 2 is 2.00 bits per heavy atom. The van der Waals surface area contributed by atoms with E-state index in [-0.39, 0.29) is 17.9 Å². The van der Waals surface area contributed by atoms with Crippen LogP contribution in [0.4, 0.5) is 0 Å². The van der Waals surface area contributed by atoms with Crippen LogP contribution in [0.3, 0.4) is 0 Å². The third kappa shape index (κ3) is 2.66. The summed E-state index contributed by atoms with van der Waals surface area (Å²) < 4.78 is 0. The molecule has 0 saturated carbocycles. The lowest BCUT2D eigenvalue weighted by Gasteiger charge is -2.39. The van der Waals surface area contributed by atoms with Gasteiger partial charge in [-0.15, -0.1) is 0 Å². The fourth-order valence-electron chi connectivity index (χ4n) is 3.07. The second-order valence-electron chi connectivity index (χ2n) is 5.44. The lowest BCUT2D eigenvalue weighted by Crippen LogP contribution is -2.57. The monoisotopic (exact) mass is 254 g/mol. The number of nitrogens with one attached hydrogen (secondary N) is 1. The summed E-state index contributed by atoms with van der Waals surface area (Å²) in [6.45, 7) is 3.36. The van der Waals surface area contributed by atoms with Crippen molar-refractivity contribution >= 4 is 11.9 Å². The molecule has 5 nitrogen and oxygen atoms in total. The lowest BCUT2D eigenvalue weighted by atomic mass is 9.89. The van der Waals surface area contributed by atoms with E-state index in [1.54, 1.807) is 4.90 Å². The van der Waals surface area contributed by atoms with Gasteiger partial charge < -0.3 is 15.3 Å². The Morgan fingerprint density at radius 1 is 1.22 bits per heavy atom. The van der Waals surface area contributed by atoms with Crippen molar-refractivity contribution in [2.75, 3.05) is 13.1 Å². The van der Waals surface area contributed by atoms with Crippen molar-refractivity contribution in [1.29, 1.82) is 0 Å². The Balaban J connectivity index is 2.08. The highest BCUT2D eigenvalue weighted by molar-refractivity contribution is 5.87. The van der Waals surface area contributed by atoms with Gasteiger partial charge in [-0.2, -0.15) is 0 Å². The molecule has 2 N–H and O–H groups in total. The van der Waals surface area contributed by atoms with Crippen LogP contribution >= 0.6 is 0 Å². The summed E-state index contributed by atoms with van der Waals surface area (Å²) in [7, 11) is 0. The molecule has 2 saturated heterocycles. The molecule has 0 aromatic carbocycles. The van der Waals surface area contributed by atoms with E-state index < -0.39 is 12.0 Å². The molecule has 2 unspecified atom stereocenters. The van der Waals surface area contributed by atoms with Crippen molar-refractivity contribution in [3.8, 4) is 0 Å². The lowest BCUT2D eigenvalue weighted by molar-refractivity contribution is -0.155. The molecule has 2 rings (SSSR count). The van der Waals surface area contributed by atoms with E-state index in [9.17, 15) is 14.7 Å². The second-order valence-corrected chi connectivity index (χ2v) is 5.44. The fraction of sp³-hybridized carbons (Fsp3) is 0.846. The predicted octanol–water partition coefficient (Wildman–Crippen LogP) is 0.840. The summed E-state index contributed by atoms with van der Waals surface area (Å²) in [5.41, 5.74) is 0. The minimum atomic E-state index is -0.869. The van der Waals surface area contributed by atoms with E-state index in [2.05, 4.69) is 5.32 Å². The number of hydrogen-bond donors (Lipinski definition) is 2. The summed E-state index contributed by atoms with van der Waals surface area (Å²) in [5, 5.41) is 12.5. The molecule has 1 amide bonds. The van der Waals surface area contributed by atoms with Crippen molar-refractivity contribution in [1.82, 2.24) is 10.2 Å². The van der Waals surface area contributed by atoms with Gasteiger partial charge in [-0.3, -0.25) is 4.79 Å². The standard InChI is InChI=1S/C13H22N2O3/c1-9-5-4-8-15(11(9)13(17)18)12(16)10-6-2-3-7-14-10/h9-11,14H,2-8H2,1H3,(H,17,18)/t9?,10-,11?/m0/s1. The molecule has 2 aliphatic rings. The first-order valence-corrected chi connectivity index (χ1v) is 6.88. The summed E-state index contributed by atoms with van der Waals surface area (Å²) in [6.07, 6.45) is 4.77. The smallest absolute Gasteiger partial charge is 0.326 e. The average Bonchev–Trinajstić information content (AvgIpc) is 2.38. The summed E-state index contributed by atoms with van der Waals surface area (Å²) in [5.74, 6) is -0.844. The number of likely N-dealkylation sites (tertiary alicyclic amines) is 1. The van der Waals surface area contributed by atoms with Gasteiger partial charge in [0.2, 0.25) is 5.91 Å². The van der Waals surface area contributed by atoms with Gasteiger partial charge in [0, 0.05) is 6.54 Å². The van der Waals surface area contributed by atoms with Crippen LogP contribution in [0.2, 0.25) is 0 Å². The Kier molecular flexibility index (Phi) is 4.22. The number of carbonyl (C=O) groups is 2. The van der Waals surface area contributed by atoms with E-state index in [0.29, 0.717) is 6.54 Å². The molecule has 3 atom stereocenters.